The second-order valence-electron chi connectivity index (χ2n) is 9.54. The molecule has 7 nitrogen and oxygen atoms in total. The molecule has 0 radical (unpaired) electrons. The monoisotopic (exact) mass is 417 g/mol. The van der Waals surface area contributed by atoms with Gasteiger partial charge in [0.2, 0.25) is 0 Å². The molecular weight excluding hydrogens is 394 g/mol. The Kier molecular flexibility index (Phi) is 4.48. The summed E-state index contributed by atoms with van der Waals surface area (Å²) in [4.78, 5) is 26.5. The normalized spacial score (nSPS) is 18.8. The van der Waals surface area contributed by atoms with Crippen molar-refractivity contribution in [3.05, 3.63) is 44.3 Å². The lowest BCUT2D eigenvalue weighted by Gasteiger charge is -2.48. The summed E-state index contributed by atoms with van der Waals surface area (Å²) in [6.45, 7) is 10.4. The van der Waals surface area contributed by atoms with Crippen molar-refractivity contribution in [2.24, 2.45) is 0 Å². The van der Waals surface area contributed by atoms with E-state index in [-0.39, 0.29) is 22.0 Å². The average Bonchev–Trinajstić information content (AvgIpc) is 2.69. The first-order valence-corrected chi connectivity index (χ1v) is 10.2. The zero-order valence-corrected chi connectivity index (χ0v) is 18.0. The molecule has 0 atom stereocenters. The first-order chi connectivity index (χ1) is 14.5. The highest BCUT2D eigenvalue weighted by Gasteiger charge is 2.42. The second kappa shape index (κ2) is 6.72. The van der Waals surface area contributed by atoms with Crippen molar-refractivity contribution in [3.8, 4) is 12.1 Å². The van der Waals surface area contributed by atoms with E-state index in [4.69, 9.17) is 9.68 Å². The number of carbonyl (C=O) groups is 1. The molecule has 2 aromatic rings. The van der Waals surface area contributed by atoms with Crippen molar-refractivity contribution in [1.82, 2.24) is 0 Å². The Balaban J connectivity index is 2.20. The quantitative estimate of drug-likeness (QED) is 0.448. The molecule has 2 aliphatic rings. The fourth-order valence-electron chi connectivity index (χ4n) is 4.78. The molecule has 2 aliphatic heterocycles. The maximum absolute atomic E-state index is 12.9. The summed E-state index contributed by atoms with van der Waals surface area (Å²) in [5.41, 5.74) is 1.43. The van der Waals surface area contributed by atoms with Crippen LogP contribution in [0.3, 0.4) is 0 Å². The zero-order chi connectivity index (χ0) is 22.7. The first-order valence-electron chi connectivity index (χ1n) is 10.2. The molecule has 1 N–H and O–H groups in total. The molecule has 0 aliphatic carbocycles. The predicted octanol–water partition coefficient (Wildman–Crippen LogP) is 3.83. The van der Waals surface area contributed by atoms with Gasteiger partial charge in [-0.2, -0.15) is 10.5 Å². The molecule has 0 saturated carbocycles. The number of anilines is 1. The maximum Gasteiger partial charge on any atom is 0.346 e. The van der Waals surface area contributed by atoms with Crippen LogP contribution in [0.5, 0.6) is 0 Å². The Morgan fingerprint density at radius 1 is 1.19 bits per heavy atom. The number of nitrogens with zero attached hydrogens (tertiary/aromatic N) is 3. The van der Waals surface area contributed by atoms with E-state index in [9.17, 15) is 20.0 Å². The average molecular weight is 417 g/mol. The minimum absolute atomic E-state index is 0.0357. The number of hydrogen-bond donors (Lipinski definition) is 1. The minimum Gasteiger partial charge on any atom is -0.477 e. The molecule has 3 heterocycles. The van der Waals surface area contributed by atoms with Crippen LogP contribution in [0.15, 0.2) is 20.9 Å². The summed E-state index contributed by atoms with van der Waals surface area (Å²) in [5.74, 6) is -1.47. The lowest BCUT2D eigenvalue weighted by Crippen LogP contribution is -2.44. The van der Waals surface area contributed by atoms with Gasteiger partial charge >= 0.3 is 11.6 Å². The smallest absolute Gasteiger partial charge is 0.346 e. The van der Waals surface area contributed by atoms with E-state index in [1.165, 1.54) is 0 Å². The van der Waals surface area contributed by atoms with E-state index < -0.39 is 17.2 Å². The van der Waals surface area contributed by atoms with Gasteiger partial charge in [-0.1, -0.05) is 27.7 Å². The van der Waals surface area contributed by atoms with E-state index in [1.807, 2.05) is 6.07 Å². The Bertz CT molecular complexity index is 1310. The number of carboxylic acids is 1. The van der Waals surface area contributed by atoms with Gasteiger partial charge in [-0.05, 0) is 41.4 Å². The largest absolute Gasteiger partial charge is 0.477 e. The molecule has 0 saturated heterocycles. The molecule has 158 valence electrons. The number of benzene rings is 1. The highest BCUT2D eigenvalue weighted by molar-refractivity contribution is 5.99. The van der Waals surface area contributed by atoms with Gasteiger partial charge in [0.1, 0.15) is 23.3 Å². The van der Waals surface area contributed by atoms with Crippen LogP contribution >= 0.6 is 0 Å². The molecule has 0 fully saturated rings. The van der Waals surface area contributed by atoms with Gasteiger partial charge in [0.15, 0.2) is 0 Å². The summed E-state index contributed by atoms with van der Waals surface area (Å²) in [5, 5.41) is 28.8. The van der Waals surface area contributed by atoms with Gasteiger partial charge in [-0.3, -0.25) is 0 Å². The van der Waals surface area contributed by atoms with E-state index in [2.05, 4.69) is 38.7 Å². The van der Waals surface area contributed by atoms with Crippen LogP contribution in [0.1, 0.15) is 62.8 Å². The third kappa shape index (κ3) is 3.00. The molecule has 4 rings (SSSR count). The summed E-state index contributed by atoms with van der Waals surface area (Å²) in [6, 6.07) is 5.53. The highest BCUT2D eigenvalue weighted by atomic mass is 16.4. The van der Waals surface area contributed by atoms with E-state index in [0.717, 1.165) is 48.8 Å². The second-order valence-corrected chi connectivity index (χ2v) is 9.54. The van der Waals surface area contributed by atoms with Crippen LogP contribution in [0, 0.1) is 22.7 Å². The lowest BCUT2D eigenvalue weighted by atomic mass is 9.69. The maximum atomic E-state index is 12.9. The zero-order valence-electron chi connectivity index (χ0n) is 18.0. The lowest BCUT2D eigenvalue weighted by molar-refractivity contribution is -0.132. The predicted molar refractivity (Wildman–Crippen MR) is 116 cm³/mol. The molecule has 31 heavy (non-hydrogen) atoms. The number of hydrogen-bond acceptors (Lipinski definition) is 6. The fraction of sp³-hybridized carbons (Fsp3) is 0.417. The van der Waals surface area contributed by atoms with Gasteiger partial charge in [0, 0.05) is 29.7 Å². The van der Waals surface area contributed by atoms with Gasteiger partial charge < -0.3 is 14.4 Å². The van der Waals surface area contributed by atoms with Gasteiger partial charge in [-0.25, -0.2) is 9.59 Å². The molecule has 0 spiro atoms. The van der Waals surface area contributed by atoms with Crippen LogP contribution in [0.25, 0.3) is 17.0 Å². The number of aliphatic carboxylic acids is 1. The standard InChI is InChI=1S/C24H23N3O4/c1-23(2)5-7-27-8-6-24(3,4)18-19(27)17(23)10-14-16(12-26)15(22(30)31-20(14)18)9-13(11-25)21(28)29/h9-10H,5-8H2,1-4H3,(H,28,29)/b13-9-. The molecule has 7 heteroatoms. The molecule has 0 unspecified atom stereocenters. The Hall–Kier alpha value is -3.58. The molecule has 0 amide bonds. The molecule has 1 aromatic carbocycles. The van der Waals surface area contributed by atoms with Crippen LogP contribution in [0.2, 0.25) is 0 Å². The fourth-order valence-corrected chi connectivity index (χ4v) is 4.78. The van der Waals surface area contributed by atoms with E-state index >= 15 is 0 Å². The third-order valence-electron chi connectivity index (χ3n) is 6.69. The number of carboxylic acid groups (broad SMARTS) is 1. The van der Waals surface area contributed by atoms with Crippen molar-refractivity contribution in [2.45, 2.75) is 51.4 Å². The van der Waals surface area contributed by atoms with Crippen molar-refractivity contribution in [1.29, 1.82) is 10.5 Å². The van der Waals surface area contributed by atoms with Crippen molar-refractivity contribution < 1.29 is 14.3 Å². The Labute approximate surface area is 179 Å². The van der Waals surface area contributed by atoms with Crippen LogP contribution in [-0.2, 0) is 15.6 Å². The number of rotatable bonds is 2. The number of nitriles is 2. The number of fused-ring (bicyclic) bond motifs is 2. The highest BCUT2D eigenvalue weighted by Crippen LogP contribution is 2.52. The third-order valence-corrected chi connectivity index (χ3v) is 6.69. The summed E-state index contributed by atoms with van der Waals surface area (Å²) in [6.07, 6.45) is 2.76. The van der Waals surface area contributed by atoms with Gasteiger partial charge in [0.05, 0.1) is 11.1 Å². The summed E-state index contributed by atoms with van der Waals surface area (Å²) in [7, 11) is 0. The molecule has 0 bridgehead atoms. The minimum atomic E-state index is -1.47. The van der Waals surface area contributed by atoms with E-state index in [0.29, 0.717) is 11.0 Å². The van der Waals surface area contributed by atoms with E-state index in [1.54, 1.807) is 6.07 Å². The van der Waals surface area contributed by atoms with Gasteiger partial charge in [0.25, 0.3) is 0 Å². The topological polar surface area (TPSA) is 118 Å². The van der Waals surface area contributed by atoms with Crippen LogP contribution in [0.4, 0.5) is 5.69 Å². The summed E-state index contributed by atoms with van der Waals surface area (Å²) >= 11 is 0. The van der Waals surface area contributed by atoms with Crippen LogP contribution in [-0.4, -0.2) is 24.2 Å². The SMILES string of the molecule is CC1(C)CCN2CCC(C)(C)c3c2c1cc1c(C#N)c(/C=C(/C#N)C(=O)O)c(=O)oc31. The first kappa shape index (κ1) is 20.7. The van der Waals surface area contributed by atoms with Gasteiger partial charge in [-0.15, -0.1) is 0 Å². The van der Waals surface area contributed by atoms with Crippen molar-refractivity contribution in [3.63, 3.8) is 0 Å². The Morgan fingerprint density at radius 3 is 2.42 bits per heavy atom. The van der Waals surface area contributed by atoms with Crippen LogP contribution < -0.4 is 10.5 Å². The van der Waals surface area contributed by atoms with Crippen molar-refractivity contribution >= 4 is 28.7 Å². The molecular formula is C24H23N3O4. The van der Waals surface area contributed by atoms with Crippen molar-refractivity contribution in [2.75, 3.05) is 18.0 Å². The summed E-state index contributed by atoms with van der Waals surface area (Å²) < 4.78 is 5.75. The molecule has 1 aromatic heterocycles. The Morgan fingerprint density at radius 2 is 1.84 bits per heavy atom.